The van der Waals surface area contributed by atoms with Crippen molar-refractivity contribution in [3.63, 3.8) is 0 Å². The quantitative estimate of drug-likeness (QED) is 0.539. The molecule has 0 radical (unpaired) electrons. The van der Waals surface area contributed by atoms with Gasteiger partial charge in [0, 0.05) is 12.3 Å². The summed E-state index contributed by atoms with van der Waals surface area (Å²) in [7, 11) is 0. The Bertz CT molecular complexity index is 948. The Morgan fingerprint density at radius 1 is 1.27 bits per heavy atom. The zero-order valence-corrected chi connectivity index (χ0v) is 17.6. The molecule has 0 fully saturated rings. The van der Waals surface area contributed by atoms with Crippen LogP contribution >= 0.6 is 11.6 Å². The normalized spacial score (nSPS) is 12.1. The molecule has 0 saturated heterocycles. The van der Waals surface area contributed by atoms with Crippen LogP contribution in [0.3, 0.4) is 0 Å². The fourth-order valence-corrected chi connectivity index (χ4v) is 2.42. The highest BCUT2D eigenvalue weighted by Gasteiger charge is 2.10. The molecule has 0 aliphatic heterocycles. The number of benzene rings is 1. The zero-order chi connectivity index (χ0) is 21.4. The number of nitrogens with zero attached hydrogens (tertiary/aromatic N) is 4. The van der Waals surface area contributed by atoms with Gasteiger partial charge in [0.15, 0.2) is 0 Å². The number of halogens is 1. The zero-order valence-electron chi connectivity index (χ0n) is 16.1. The van der Waals surface area contributed by atoms with E-state index in [1.54, 1.807) is 4.68 Å². The van der Waals surface area contributed by atoms with Gasteiger partial charge in [0.2, 0.25) is 5.88 Å². The summed E-state index contributed by atoms with van der Waals surface area (Å²) < 4.78 is 31.6. The first-order chi connectivity index (χ1) is 13.8. The number of hydrogen-bond acceptors (Lipinski definition) is 7. The average molecular weight is 455 g/mol. The van der Waals surface area contributed by atoms with Crippen LogP contribution in [0.5, 0.6) is 5.88 Å². The first-order valence-electron chi connectivity index (χ1n) is 8.53. The van der Waals surface area contributed by atoms with Crippen molar-refractivity contribution in [3.05, 3.63) is 59.1 Å². The van der Waals surface area contributed by atoms with E-state index in [2.05, 4.69) is 39.4 Å². The number of ether oxygens (including phenoxy) is 1. The lowest BCUT2D eigenvalue weighted by Crippen LogP contribution is -2.24. The van der Waals surface area contributed by atoms with Crippen LogP contribution in [0.15, 0.2) is 42.9 Å². The molecule has 3 aromatic rings. The highest BCUT2D eigenvalue weighted by Crippen LogP contribution is 2.21. The lowest BCUT2D eigenvalue weighted by molar-refractivity contribution is 0.290. The first-order valence-corrected chi connectivity index (χ1v) is 9.94. The van der Waals surface area contributed by atoms with E-state index < -0.39 is 11.4 Å². The van der Waals surface area contributed by atoms with Crippen LogP contribution < -0.4 is 10.1 Å². The Hall–Kier alpha value is -2.53. The summed E-state index contributed by atoms with van der Waals surface area (Å²) in [4.78, 5) is 8.21. The largest absolute Gasteiger partial charge is 0.750 e. The first kappa shape index (κ1) is 25.5. The van der Waals surface area contributed by atoms with Crippen LogP contribution in [0.25, 0.3) is 5.69 Å². The monoisotopic (exact) mass is 454 g/mol. The third-order valence-corrected chi connectivity index (χ3v) is 4.14. The van der Waals surface area contributed by atoms with Crippen LogP contribution in [0.2, 0.25) is 5.02 Å². The maximum Gasteiger partial charge on any atom is 0.233 e. The van der Waals surface area contributed by atoms with E-state index in [-0.39, 0.29) is 13.5 Å². The number of aryl methyl sites for hydroxylation is 2. The van der Waals surface area contributed by atoms with Gasteiger partial charge >= 0.3 is 0 Å². The molecule has 1 aromatic carbocycles. The fourth-order valence-electron chi connectivity index (χ4n) is 2.27. The van der Waals surface area contributed by atoms with E-state index in [0.29, 0.717) is 23.3 Å². The standard InChI is InChI=1S/C18H20ClN5O.CH4.H2O3S/c1-12-4-6-15(7-5-12)24-9-8-16(23-24)25-10-13(2)22-18-17(19)14(3)20-11-21-18;;1-4(2)3/h4-9,11,13H,10H2,1-3H3,(H,20,21,22);1H4;(H2,1,2,3)/p-1. The summed E-state index contributed by atoms with van der Waals surface area (Å²) in [6.07, 6.45) is 3.36. The number of rotatable bonds is 6. The van der Waals surface area contributed by atoms with Crippen molar-refractivity contribution < 1.29 is 18.1 Å². The number of anilines is 1. The molecule has 11 heteroatoms. The van der Waals surface area contributed by atoms with Crippen molar-refractivity contribution in [1.29, 1.82) is 0 Å². The van der Waals surface area contributed by atoms with Gasteiger partial charge in [-0.05, 0) is 32.9 Å². The van der Waals surface area contributed by atoms with E-state index >= 15 is 0 Å². The Labute approximate surface area is 183 Å². The molecule has 0 aliphatic carbocycles. The average Bonchev–Trinajstić information content (AvgIpc) is 3.13. The minimum Gasteiger partial charge on any atom is -0.750 e. The maximum atomic E-state index is 8.56. The Morgan fingerprint density at radius 3 is 2.53 bits per heavy atom. The molecule has 2 heterocycles. The topological polar surface area (TPSA) is 125 Å². The minimum atomic E-state index is -2.86. The second kappa shape index (κ2) is 12.2. The van der Waals surface area contributed by atoms with E-state index in [0.717, 1.165) is 11.4 Å². The molecule has 9 nitrogen and oxygen atoms in total. The van der Waals surface area contributed by atoms with Crippen molar-refractivity contribution in [2.24, 2.45) is 0 Å². The molecule has 30 heavy (non-hydrogen) atoms. The van der Waals surface area contributed by atoms with Gasteiger partial charge in [0.05, 0.1) is 28.8 Å². The molecule has 2 N–H and O–H groups in total. The van der Waals surface area contributed by atoms with E-state index in [1.165, 1.54) is 11.9 Å². The van der Waals surface area contributed by atoms with Gasteiger partial charge in [-0.15, -0.1) is 5.10 Å². The summed E-state index contributed by atoms with van der Waals surface area (Å²) in [5, 5.41) is 8.19. The van der Waals surface area contributed by atoms with Crippen molar-refractivity contribution in [1.82, 2.24) is 19.7 Å². The van der Waals surface area contributed by atoms with Gasteiger partial charge in [-0.2, -0.15) is 0 Å². The molecule has 3 rings (SSSR count). The number of nitrogens with one attached hydrogen (secondary N) is 1. The predicted octanol–water partition coefficient (Wildman–Crippen LogP) is 3.79. The number of aromatic nitrogens is 4. The van der Waals surface area contributed by atoms with Gasteiger partial charge in [-0.3, -0.25) is 0 Å². The molecule has 2 atom stereocenters. The van der Waals surface area contributed by atoms with Crippen molar-refractivity contribution in [2.75, 3.05) is 11.9 Å². The minimum absolute atomic E-state index is 0. The predicted molar refractivity (Wildman–Crippen MR) is 117 cm³/mol. The highest BCUT2D eigenvalue weighted by molar-refractivity contribution is 7.73. The molecule has 0 amide bonds. The fraction of sp³-hybridized carbons (Fsp3) is 0.316. The van der Waals surface area contributed by atoms with Gasteiger partial charge in [0.25, 0.3) is 0 Å². The SMILES string of the molecule is C.Cc1ccc(-n2ccc(OCC(C)Nc3ncnc(C)c3Cl)n2)cc1.O=S([O-])O. The second-order valence-electron chi connectivity index (χ2n) is 6.13. The summed E-state index contributed by atoms with van der Waals surface area (Å²) in [6, 6.07) is 10.0. The lowest BCUT2D eigenvalue weighted by Gasteiger charge is -2.15. The van der Waals surface area contributed by atoms with Crippen molar-refractivity contribution >= 4 is 28.8 Å². The Kier molecular flexibility index (Phi) is 10.4. The van der Waals surface area contributed by atoms with Crippen LogP contribution in [0.1, 0.15) is 25.6 Å². The van der Waals surface area contributed by atoms with Gasteiger partial charge in [0.1, 0.15) is 23.8 Å². The van der Waals surface area contributed by atoms with Gasteiger partial charge in [-0.25, -0.2) is 18.9 Å². The third-order valence-electron chi connectivity index (χ3n) is 3.69. The Morgan fingerprint density at radius 2 is 1.90 bits per heavy atom. The molecule has 2 unspecified atom stereocenters. The van der Waals surface area contributed by atoms with E-state index in [1.807, 2.05) is 38.2 Å². The smallest absolute Gasteiger partial charge is 0.233 e. The van der Waals surface area contributed by atoms with Crippen LogP contribution in [0.4, 0.5) is 5.82 Å². The summed E-state index contributed by atoms with van der Waals surface area (Å²) in [6.45, 7) is 6.32. The highest BCUT2D eigenvalue weighted by atomic mass is 35.5. The maximum absolute atomic E-state index is 8.56. The van der Waals surface area contributed by atoms with E-state index in [4.69, 9.17) is 29.7 Å². The number of hydrogen-bond donors (Lipinski definition) is 2. The molecular formula is C19H25ClN5O4S-. The summed E-state index contributed by atoms with van der Waals surface area (Å²) in [5.74, 6) is 1.18. The van der Waals surface area contributed by atoms with E-state index in [9.17, 15) is 0 Å². The molecular weight excluding hydrogens is 430 g/mol. The lowest BCUT2D eigenvalue weighted by atomic mass is 10.2. The molecule has 0 saturated carbocycles. The van der Waals surface area contributed by atoms with Crippen molar-refractivity contribution in [2.45, 2.75) is 34.2 Å². The molecule has 0 spiro atoms. The van der Waals surface area contributed by atoms with Gasteiger partial charge in [-0.1, -0.05) is 36.7 Å². The van der Waals surface area contributed by atoms with Crippen molar-refractivity contribution in [3.8, 4) is 11.6 Å². The molecule has 0 bridgehead atoms. The third kappa shape index (κ3) is 8.07. The summed E-state index contributed by atoms with van der Waals surface area (Å²) >= 11 is 3.33. The second-order valence-corrected chi connectivity index (χ2v) is 6.94. The molecule has 2 aromatic heterocycles. The van der Waals surface area contributed by atoms with Crippen LogP contribution in [0, 0.1) is 13.8 Å². The Balaban J connectivity index is 0.000000827. The molecule has 164 valence electrons. The van der Waals surface area contributed by atoms with Crippen LogP contribution in [-0.2, 0) is 11.4 Å². The summed E-state index contributed by atoms with van der Waals surface area (Å²) in [5.41, 5.74) is 2.95. The molecule has 0 aliphatic rings. The van der Waals surface area contributed by atoms with Gasteiger partial charge < -0.3 is 19.2 Å². The van der Waals surface area contributed by atoms with Crippen LogP contribution in [-0.4, -0.2) is 45.7 Å².